The molecule has 1 unspecified atom stereocenters. The summed E-state index contributed by atoms with van der Waals surface area (Å²) in [5.74, 6) is -0.464. The number of nitrogens with two attached hydrogens (primary N) is 1. The number of phosphoric ester groups is 1. The number of allylic oxidation sites excluding steroid dienone is 4. The minimum Gasteiger partial charge on any atom is -0.457 e. The van der Waals surface area contributed by atoms with Gasteiger partial charge in [0.1, 0.15) is 6.10 Å². The van der Waals surface area contributed by atoms with E-state index in [1.54, 1.807) is 0 Å². The topological polar surface area (TPSA) is 128 Å². The number of carbonyl (C=O) groups is 1. The average molecular weight is 478 g/mol. The highest BCUT2D eigenvalue weighted by atomic mass is 31.2. The van der Waals surface area contributed by atoms with Crippen LogP contribution in [0.4, 0.5) is 0 Å². The number of carbonyl (C=O) groups excluding carboxylic acids is 1. The molecule has 0 fully saturated rings. The highest BCUT2D eigenvalue weighted by molar-refractivity contribution is 7.47. The van der Waals surface area contributed by atoms with Gasteiger partial charge in [-0.05, 0) is 38.5 Å². The molecule has 0 bridgehead atoms. The van der Waals surface area contributed by atoms with Crippen LogP contribution in [0.5, 0.6) is 0 Å². The van der Waals surface area contributed by atoms with Crippen molar-refractivity contribution in [3.63, 3.8) is 0 Å². The van der Waals surface area contributed by atoms with Crippen LogP contribution >= 0.6 is 7.82 Å². The summed E-state index contributed by atoms with van der Waals surface area (Å²) in [6.45, 7) is 1.21. The second kappa shape index (κ2) is 21.8. The molecule has 0 spiro atoms. The molecule has 32 heavy (non-hydrogen) atoms. The standard InChI is InChI=1S/C23H44NO7P/c1-2-3-4-5-6-7-8-9-10-11-12-13-14-15-16-17-23(26)31-22(20-25)21-30-32(27,28)29-19-18-24/h6-7,9-10,22,25H,2-5,8,11-21,24H2,1H3,(H,27,28)/t22-/m1/s1. The Hall–Kier alpha value is -1.02. The fraction of sp³-hybridized carbons (Fsp3) is 0.783. The van der Waals surface area contributed by atoms with Gasteiger partial charge in [0, 0.05) is 13.0 Å². The van der Waals surface area contributed by atoms with Crippen molar-refractivity contribution in [2.75, 3.05) is 26.4 Å². The van der Waals surface area contributed by atoms with Crippen LogP contribution < -0.4 is 5.73 Å². The third-order valence-electron chi connectivity index (χ3n) is 4.63. The van der Waals surface area contributed by atoms with Crippen LogP contribution in [-0.2, 0) is 23.1 Å². The summed E-state index contributed by atoms with van der Waals surface area (Å²) >= 11 is 0. The molecule has 0 heterocycles. The second-order valence-corrected chi connectivity index (χ2v) is 9.11. The number of ether oxygens (including phenoxy) is 1. The van der Waals surface area contributed by atoms with E-state index >= 15 is 0 Å². The Balaban J connectivity index is 3.69. The van der Waals surface area contributed by atoms with Gasteiger partial charge in [0.2, 0.25) is 0 Å². The third kappa shape index (κ3) is 20.9. The maximum atomic E-state index is 11.9. The van der Waals surface area contributed by atoms with Crippen LogP contribution in [0, 0.1) is 0 Å². The van der Waals surface area contributed by atoms with Gasteiger partial charge in [-0.15, -0.1) is 0 Å². The van der Waals surface area contributed by atoms with E-state index < -0.39 is 33.1 Å². The van der Waals surface area contributed by atoms with Crippen LogP contribution in [0.1, 0.15) is 84.0 Å². The smallest absolute Gasteiger partial charge is 0.457 e. The summed E-state index contributed by atoms with van der Waals surface area (Å²) in [4.78, 5) is 21.3. The minimum atomic E-state index is -4.26. The molecule has 0 rings (SSSR count). The first kappa shape index (κ1) is 31.0. The van der Waals surface area contributed by atoms with E-state index in [9.17, 15) is 19.4 Å². The lowest BCUT2D eigenvalue weighted by Gasteiger charge is -2.17. The summed E-state index contributed by atoms with van der Waals surface area (Å²) < 4.78 is 25.9. The number of esters is 1. The third-order valence-corrected chi connectivity index (χ3v) is 5.61. The van der Waals surface area contributed by atoms with Crippen molar-refractivity contribution in [3.05, 3.63) is 24.3 Å². The van der Waals surface area contributed by atoms with E-state index in [-0.39, 0.29) is 19.6 Å². The molecule has 0 aromatic rings. The Labute approximate surface area is 193 Å². The van der Waals surface area contributed by atoms with Crippen molar-refractivity contribution in [1.82, 2.24) is 0 Å². The van der Waals surface area contributed by atoms with E-state index in [1.807, 2.05) is 0 Å². The molecular weight excluding hydrogens is 433 g/mol. The first-order valence-electron chi connectivity index (χ1n) is 11.9. The minimum absolute atomic E-state index is 0.0693. The average Bonchev–Trinajstić information content (AvgIpc) is 2.77. The second-order valence-electron chi connectivity index (χ2n) is 7.66. The predicted molar refractivity (Wildman–Crippen MR) is 127 cm³/mol. The summed E-state index contributed by atoms with van der Waals surface area (Å²) in [5, 5.41) is 9.25. The van der Waals surface area contributed by atoms with Crippen molar-refractivity contribution >= 4 is 13.8 Å². The van der Waals surface area contributed by atoms with Gasteiger partial charge in [-0.25, -0.2) is 4.57 Å². The molecule has 0 saturated heterocycles. The monoisotopic (exact) mass is 477 g/mol. The van der Waals surface area contributed by atoms with Gasteiger partial charge in [-0.2, -0.15) is 0 Å². The lowest BCUT2D eigenvalue weighted by molar-refractivity contribution is -0.153. The fourth-order valence-electron chi connectivity index (χ4n) is 2.83. The number of rotatable bonds is 22. The predicted octanol–water partition coefficient (Wildman–Crippen LogP) is 4.80. The Kier molecular flexibility index (Phi) is 21.1. The molecule has 0 radical (unpaired) electrons. The number of aliphatic hydroxyl groups excluding tert-OH is 1. The summed E-state index contributed by atoms with van der Waals surface area (Å²) in [6.07, 6.45) is 20.2. The molecule has 188 valence electrons. The molecule has 0 aliphatic rings. The normalized spacial score (nSPS) is 14.8. The fourth-order valence-corrected chi connectivity index (χ4v) is 3.60. The molecule has 0 aromatic carbocycles. The van der Waals surface area contributed by atoms with Crippen molar-refractivity contribution in [1.29, 1.82) is 0 Å². The van der Waals surface area contributed by atoms with Gasteiger partial charge < -0.3 is 20.5 Å². The SMILES string of the molecule is CCCCCC=CCC=CCCCCCCCC(=O)O[C@H](CO)COP(=O)(O)OCCN. The molecule has 9 heteroatoms. The number of phosphoric acid groups is 1. The van der Waals surface area contributed by atoms with Gasteiger partial charge in [0.15, 0.2) is 0 Å². The molecule has 4 N–H and O–H groups in total. The van der Waals surface area contributed by atoms with E-state index in [0.29, 0.717) is 6.42 Å². The molecule has 0 saturated carbocycles. The van der Waals surface area contributed by atoms with Gasteiger partial charge >= 0.3 is 13.8 Å². The van der Waals surface area contributed by atoms with Crippen LogP contribution in [0.15, 0.2) is 24.3 Å². The van der Waals surface area contributed by atoms with Crippen molar-refractivity contribution in [2.45, 2.75) is 90.1 Å². The van der Waals surface area contributed by atoms with Crippen LogP contribution in [0.3, 0.4) is 0 Å². The van der Waals surface area contributed by atoms with E-state index in [1.165, 1.54) is 25.7 Å². The summed E-state index contributed by atoms with van der Waals surface area (Å²) in [6, 6.07) is 0. The number of hydrogen-bond donors (Lipinski definition) is 3. The molecule has 0 amide bonds. The quantitative estimate of drug-likeness (QED) is 0.0878. The van der Waals surface area contributed by atoms with Gasteiger partial charge in [-0.1, -0.05) is 63.3 Å². The van der Waals surface area contributed by atoms with Crippen molar-refractivity contribution in [2.24, 2.45) is 5.73 Å². The lowest BCUT2D eigenvalue weighted by Crippen LogP contribution is -2.27. The zero-order chi connectivity index (χ0) is 23.9. The largest absolute Gasteiger partial charge is 0.472 e. The van der Waals surface area contributed by atoms with E-state index in [0.717, 1.165) is 38.5 Å². The Morgan fingerprint density at radius 1 is 0.969 bits per heavy atom. The molecular formula is C23H44NO7P. The maximum Gasteiger partial charge on any atom is 0.472 e. The summed E-state index contributed by atoms with van der Waals surface area (Å²) in [7, 11) is -4.26. The highest BCUT2D eigenvalue weighted by Gasteiger charge is 2.24. The molecule has 0 aromatic heterocycles. The number of unbranched alkanes of at least 4 members (excludes halogenated alkanes) is 8. The van der Waals surface area contributed by atoms with Crippen LogP contribution in [0.25, 0.3) is 0 Å². The van der Waals surface area contributed by atoms with Crippen molar-refractivity contribution in [3.8, 4) is 0 Å². The van der Waals surface area contributed by atoms with Crippen molar-refractivity contribution < 1.29 is 33.1 Å². The maximum absolute atomic E-state index is 11.9. The number of hydrogen-bond acceptors (Lipinski definition) is 7. The Bertz CT molecular complexity index is 554. The summed E-state index contributed by atoms with van der Waals surface area (Å²) in [5.41, 5.74) is 5.19. The molecule has 8 nitrogen and oxygen atoms in total. The zero-order valence-corrected chi connectivity index (χ0v) is 20.6. The lowest BCUT2D eigenvalue weighted by atomic mass is 10.1. The van der Waals surface area contributed by atoms with E-state index in [2.05, 4.69) is 35.8 Å². The van der Waals surface area contributed by atoms with Gasteiger partial charge in [0.25, 0.3) is 0 Å². The first-order valence-corrected chi connectivity index (χ1v) is 13.4. The molecule has 2 atom stereocenters. The van der Waals surface area contributed by atoms with Crippen LogP contribution in [-0.4, -0.2) is 48.4 Å². The Morgan fingerprint density at radius 3 is 2.22 bits per heavy atom. The molecule has 0 aliphatic carbocycles. The molecule has 0 aliphatic heterocycles. The Morgan fingerprint density at radius 2 is 1.59 bits per heavy atom. The first-order chi connectivity index (χ1) is 15.4. The highest BCUT2D eigenvalue weighted by Crippen LogP contribution is 2.42. The van der Waals surface area contributed by atoms with Gasteiger partial charge in [0.05, 0.1) is 19.8 Å². The van der Waals surface area contributed by atoms with E-state index in [4.69, 9.17) is 15.0 Å². The van der Waals surface area contributed by atoms with Crippen LogP contribution in [0.2, 0.25) is 0 Å². The number of aliphatic hydroxyl groups is 1. The van der Waals surface area contributed by atoms with Gasteiger partial charge in [-0.3, -0.25) is 13.8 Å². The zero-order valence-electron chi connectivity index (χ0n) is 19.7.